The molecule has 1 fully saturated rings. The van der Waals surface area contributed by atoms with E-state index in [1.165, 1.54) is 6.42 Å². The lowest BCUT2D eigenvalue weighted by atomic mass is 10.2. The molecule has 0 saturated carbocycles. The molecule has 3 aromatic rings. The molecule has 4 heterocycles. The summed E-state index contributed by atoms with van der Waals surface area (Å²) in [4.78, 5) is 11.1. The second-order valence-electron chi connectivity index (χ2n) is 6.31. The molecule has 8 nitrogen and oxygen atoms in total. The predicted molar refractivity (Wildman–Crippen MR) is 95.7 cm³/mol. The maximum atomic E-state index is 4.55. The zero-order valence-electron chi connectivity index (χ0n) is 14.3. The van der Waals surface area contributed by atoms with Gasteiger partial charge in [-0.1, -0.05) is 13.3 Å². The largest absolute Gasteiger partial charge is 0.368 e. The van der Waals surface area contributed by atoms with Gasteiger partial charge in [-0.25, -0.2) is 4.98 Å². The lowest BCUT2D eigenvalue weighted by Gasteiger charge is -2.25. The molecule has 0 bridgehead atoms. The van der Waals surface area contributed by atoms with Crippen molar-refractivity contribution < 1.29 is 0 Å². The van der Waals surface area contributed by atoms with Gasteiger partial charge in [-0.2, -0.15) is 19.7 Å². The minimum Gasteiger partial charge on any atom is -0.368 e. The minimum atomic E-state index is 0.387. The Hall–Kier alpha value is -2.77. The van der Waals surface area contributed by atoms with Crippen LogP contribution in [-0.2, 0) is 6.42 Å². The van der Waals surface area contributed by atoms with Crippen LogP contribution in [0.2, 0.25) is 0 Å². The molecular weight excluding hydrogens is 316 g/mol. The fraction of sp³-hybridized carbons (Fsp3) is 0.471. The number of aromatic nitrogens is 6. The van der Waals surface area contributed by atoms with Crippen LogP contribution in [0, 0.1) is 0 Å². The first-order chi connectivity index (χ1) is 12.3. The normalized spacial score (nSPS) is 17.3. The number of anilines is 2. The van der Waals surface area contributed by atoms with E-state index < -0.39 is 0 Å². The number of nitrogens with zero attached hydrogens (tertiary/aromatic N) is 7. The smallest absolute Gasteiger partial charge is 0.254 e. The number of hydrogen-bond acceptors (Lipinski definition) is 7. The standard InChI is InChI=1S/C17H22N8/c1-2-5-13-10-16(25-17(22-13)19-12-21-25)18-11-14-6-4-9-24(14)15-7-3-8-20-23-15/h3,7-8,10,12,14,18H,2,4-6,9,11H2,1H3/t14-/m0/s1. The third kappa shape index (κ3) is 3.24. The van der Waals surface area contributed by atoms with E-state index in [1.54, 1.807) is 17.0 Å². The van der Waals surface area contributed by atoms with Gasteiger partial charge in [-0.15, -0.1) is 5.10 Å². The number of hydrogen-bond donors (Lipinski definition) is 1. The van der Waals surface area contributed by atoms with Gasteiger partial charge in [0.15, 0.2) is 5.82 Å². The Balaban J connectivity index is 1.52. The van der Waals surface area contributed by atoms with E-state index in [2.05, 4.69) is 48.5 Å². The van der Waals surface area contributed by atoms with Crippen molar-refractivity contribution in [2.24, 2.45) is 0 Å². The Morgan fingerprint density at radius 2 is 2.32 bits per heavy atom. The zero-order valence-corrected chi connectivity index (χ0v) is 14.3. The third-order valence-electron chi connectivity index (χ3n) is 4.56. The van der Waals surface area contributed by atoms with Crippen LogP contribution in [0.15, 0.2) is 30.7 Å². The Bertz CT molecular complexity index is 831. The van der Waals surface area contributed by atoms with Gasteiger partial charge in [0.1, 0.15) is 12.1 Å². The Kier molecular flexibility index (Phi) is 4.41. The molecular formula is C17H22N8. The van der Waals surface area contributed by atoms with Crippen LogP contribution in [0.5, 0.6) is 0 Å². The van der Waals surface area contributed by atoms with Crippen LogP contribution in [0.25, 0.3) is 5.78 Å². The molecule has 1 N–H and O–H groups in total. The molecule has 0 spiro atoms. The summed E-state index contributed by atoms with van der Waals surface area (Å²) in [6.07, 6.45) is 7.55. The van der Waals surface area contributed by atoms with E-state index in [4.69, 9.17) is 0 Å². The molecule has 0 radical (unpaired) electrons. The van der Waals surface area contributed by atoms with Crippen molar-refractivity contribution in [2.75, 3.05) is 23.3 Å². The maximum Gasteiger partial charge on any atom is 0.254 e. The van der Waals surface area contributed by atoms with Crippen molar-refractivity contribution >= 4 is 17.4 Å². The van der Waals surface area contributed by atoms with Gasteiger partial charge >= 0.3 is 0 Å². The molecule has 25 heavy (non-hydrogen) atoms. The highest BCUT2D eigenvalue weighted by Crippen LogP contribution is 2.23. The molecule has 0 aromatic carbocycles. The first-order valence-corrected chi connectivity index (χ1v) is 8.83. The molecule has 130 valence electrons. The van der Waals surface area contributed by atoms with Crippen LogP contribution < -0.4 is 10.2 Å². The van der Waals surface area contributed by atoms with Crippen LogP contribution in [-0.4, -0.2) is 48.9 Å². The molecule has 0 amide bonds. The topological polar surface area (TPSA) is 84.1 Å². The third-order valence-corrected chi connectivity index (χ3v) is 4.56. The van der Waals surface area contributed by atoms with E-state index >= 15 is 0 Å². The molecule has 1 aliphatic rings. The summed E-state index contributed by atoms with van der Waals surface area (Å²) in [5.74, 6) is 2.53. The summed E-state index contributed by atoms with van der Waals surface area (Å²) in [5, 5.41) is 16.1. The van der Waals surface area contributed by atoms with Crippen molar-refractivity contribution in [3.63, 3.8) is 0 Å². The predicted octanol–water partition coefficient (Wildman–Crippen LogP) is 1.95. The highest BCUT2D eigenvalue weighted by Gasteiger charge is 2.25. The summed E-state index contributed by atoms with van der Waals surface area (Å²) in [6.45, 7) is 3.99. The zero-order chi connectivity index (χ0) is 17.1. The lowest BCUT2D eigenvalue weighted by Crippen LogP contribution is -2.35. The maximum absolute atomic E-state index is 4.55. The van der Waals surface area contributed by atoms with Crippen LogP contribution in [0.4, 0.5) is 11.6 Å². The second kappa shape index (κ2) is 7.00. The van der Waals surface area contributed by atoms with Gasteiger partial charge in [0.2, 0.25) is 0 Å². The molecule has 1 atom stereocenters. The summed E-state index contributed by atoms with van der Waals surface area (Å²) in [5.41, 5.74) is 1.04. The SMILES string of the molecule is CCCc1cc(NC[C@@H]2CCCN2c2cccnn2)n2ncnc2n1. The van der Waals surface area contributed by atoms with Gasteiger partial charge in [-0.3, -0.25) is 0 Å². The van der Waals surface area contributed by atoms with Gasteiger partial charge < -0.3 is 10.2 Å². The van der Waals surface area contributed by atoms with Crippen molar-refractivity contribution in [3.05, 3.63) is 36.4 Å². The average Bonchev–Trinajstić information content (AvgIpc) is 3.30. The van der Waals surface area contributed by atoms with Crippen molar-refractivity contribution in [3.8, 4) is 0 Å². The Morgan fingerprint density at radius 1 is 1.36 bits per heavy atom. The first-order valence-electron chi connectivity index (χ1n) is 8.83. The van der Waals surface area contributed by atoms with Crippen molar-refractivity contribution in [2.45, 2.75) is 38.6 Å². The van der Waals surface area contributed by atoms with E-state index in [-0.39, 0.29) is 0 Å². The quantitative estimate of drug-likeness (QED) is 0.735. The van der Waals surface area contributed by atoms with E-state index in [1.807, 2.05) is 12.1 Å². The van der Waals surface area contributed by atoms with E-state index in [9.17, 15) is 0 Å². The summed E-state index contributed by atoms with van der Waals surface area (Å²) < 4.78 is 1.76. The second-order valence-corrected chi connectivity index (χ2v) is 6.31. The van der Waals surface area contributed by atoms with Gasteiger partial charge in [0.25, 0.3) is 5.78 Å². The van der Waals surface area contributed by atoms with Crippen LogP contribution in [0.3, 0.4) is 0 Å². The number of aryl methyl sites for hydroxylation is 1. The number of nitrogens with one attached hydrogen (secondary N) is 1. The molecule has 1 saturated heterocycles. The van der Waals surface area contributed by atoms with Crippen LogP contribution in [0.1, 0.15) is 31.9 Å². The molecule has 8 heteroatoms. The number of fused-ring (bicyclic) bond motifs is 1. The van der Waals surface area contributed by atoms with Gasteiger partial charge in [0, 0.05) is 37.1 Å². The van der Waals surface area contributed by atoms with Gasteiger partial charge in [0.05, 0.1) is 0 Å². The highest BCUT2D eigenvalue weighted by molar-refractivity contribution is 5.46. The molecule has 1 aliphatic heterocycles. The lowest BCUT2D eigenvalue weighted by molar-refractivity contribution is 0.682. The van der Waals surface area contributed by atoms with E-state index in [0.29, 0.717) is 11.8 Å². The molecule has 0 unspecified atom stereocenters. The minimum absolute atomic E-state index is 0.387. The summed E-state index contributed by atoms with van der Waals surface area (Å²) >= 11 is 0. The summed E-state index contributed by atoms with van der Waals surface area (Å²) in [7, 11) is 0. The monoisotopic (exact) mass is 338 g/mol. The van der Waals surface area contributed by atoms with E-state index in [0.717, 1.165) is 49.7 Å². The Labute approximate surface area is 146 Å². The van der Waals surface area contributed by atoms with Crippen LogP contribution >= 0.6 is 0 Å². The molecule has 3 aromatic heterocycles. The fourth-order valence-corrected chi connectivity index (χ4v) is 3.39. The Morgan fingerprint density at radius 3 is 3.16 bits per heavy atom. The molecule has 4 rings (SSSR count). The average molecular weight is 338 g/mol. The fourth-order valence-electron chi connectivity index (χ4n) is 3.39. The highest BCUT2D eigenvalue weighted by atomic mass is 15.4. The molecule has 0 aliphatic carbocycles. The summed E-state index contributed by atoms with van der Waals surface area (Å²) in [6, 6.07) is 6.42. The van der Waals surface area contributed by atoms with Gasteiger partial charge in [-0.05, 0) is 31.4 Å². The van der Waals surface area contributed by atoms with Crippen molar-refractivity contribution in [1.29, 1.82) is 0 Å². The first kappa shape index (κ1) is 15.7. The number of rotatable bonds is 6. The van der Waals surface area contributed by atoms with Crippen molar-refractivity contribution in [1.82, 2.24) is 29.8 Å².